The Kier molecular flexibility index (Phi) is 7.59. The van der Waals surface area contributed by atoms with Gasteiger partial charge in [0.2, 0.25) is 0 Å². The molecule has 5 nitrogen and oxygen atoms in total. The highest BCUT2D eigenvalue weighted by atomic mass is 16.5. The van der Waals surface area contributed by atoms with Crippen molar-refractivity contribution in [3.8, 4) is 11.6 Å². The maximum atomic E-state index is 6.16. The van der Waals surface area contributed by atoms with Crippen LogP contribution in [0.4, 0.5) is 5.82 Å². The molecule has 0 bridgehead atoms. The third-order valence-electron chi connectivity index (χ3n) is 6.09. The number of allylic oxidation sites excluding steroid dienone is 3. The summed E-state index contributed by atoms with van der Waals surface area (Å²) in [6.07, 6.45) is 15.1. The van der Waals surface area contributed by atoms with Gasteiger partial charge in [-0.15, -0.1) is 10.2 Å². The predicted octanol–water partition coefficient (Wildman–Crippen LogP) is 5.73. The zero-order valence-corrected chi connectivity index (χ0v) is 18.5. The molecule has 1 fully saturated rings. The highest BCUT2D eigenvalue weighted by Crippen LogP contribution is 2.31. The van der Waals surface area contributed by atoms with Gasteiger partial charge in [-0.05, 0) is 42.7 Å². The zero-order valence-electron chi connectivity index (χ0n) is 18.5. The minimum Gasteiger partial charge on any atom is -0.483 e. The van der Waals surface area contributed by atoms with E-state index in [0.717, 1.165) is 36.7 Å². The number of aromatic nitrogens is 2. The molecule has 0 aliphatic heterocycles. The third kappa shape index (κ3) is 6.33. The molecule has 4 rings (SSSR count). The van der Waals surface area contributed by atoms with E-state index >= 15 is 0 Å². The van der Waals surface area contributed by atoms with Crippen molar-refractivity contribution >= 4 is 5.82 Å². The van der Waals surface area contributed by atoms with Gasteiger partial charge < -0.3 is 14.4 Å². The lowest BCUT2D eigenvalue weighted by Gasteiger charge is -2.27. The molecule has 1 aromatic heterocycles. The molecular weight excluding hydrogens is 386 g/mol. The summed E-state index contributed by atoms with van der Waals surface area (Å²) >= 11 is 0. The second-order valence-electron chi connectivity index (χ2n) is 8.61. The van der Waals surface area contributed by atoms with E-state index in [-0.39, 0.29) is 0 Å². The fraction of sp³-hybridized carbons (Fsp3) is 0.462. The van der Waals surface area contributed by atoms with Crippen molar-refractivity contribution in [3.63, 3.8) is 0 Å². The predicted molar refractivity (Wildman–Crippen MR) is 125 cm³/mol. The van der Waals surface area contributed by atoms with Gasteiger partial charge in [-0.2, -0.15) is 0 Å². The van der Waals surface area contributed by atoms with Crippen LogP contribution >= 0.6 is 0 Å². The van der Waals surface area contributed by atoms with Gasteiger partial charge in [-0.1, -0.05) is 67.8 Å². The molecule has 31 heavy (non-hydrogen) atoms. The molecule has 0 amide bonds. The van der Waals surface area contributed by atoms with E-state index in [4.69, 9.17) is 9.47 Å². The largest absolute Gasteiger partial charge is 0.483 e. The smallest absolute Gasteiger partial charge is 0.276 e. The van der Waals surface area contributed by atoms with Crippen LogP contribution in [0.3, 0.4) is 0 Å². The number of anilines is 1. The van der Waals surface area contributed by atoms with Crippen LogP contribution in [0.25, 0.3) is 0 Å². The van der Waals surface area contributed by atoms with Crippen LogP contribution in [-0.2, 0) is 6.61 Å². The number of rotatable bonds is 9. The molecule has 2 aromatic rings. The van der Waals surface area contributed by atoms with E-state index in [2.05, 4.69) is 52.5 Å². The molecule has 1 saturated carbocycles. The summed E-state index contributed by atoms with van der Waals surface area (Å²) < 4.78 is 12.2. The molecular formula is C26H33N3O2. The number of ether oxygens (including phenoxy) is 2. The Morgan fingerprint density at radius 3 is 2.61 bits per heavy atom. The van der Waals surface area contributed by atoms with Crippen LogP contribution < -0.4 is 14.4 Å². The quantitative estimate of drug-likeness (QED) is 0.520. The standard InChI is InChI=1S/C26H33N3O2/c1-29(18-21-11-5-2-6-12-21)25-17-24(30-19-22-13-7-3-8-14-22)26(28-27-25)31-20-23-15-9-4-10-16-23/h3-4,7-9,13-15,17,21H,2,5-6,10-12,16,18-20H2,1H3. The Balaban J connectivity index is 1.47. The molecule has 0 N–H and O–H groups in total. The minimum atomic E-state index is 0.459. The first-order valence-corrected chi connectivity index (χ1v) is 11.5. The fourth-order valence-corrected chi connectivity index (χ4v) is 4.26. The molecule has 0 unspecified atom stereocenters. The molecule has 5 heteroatoms. The second-order valence-corrected chi connectivity index (χ2v) is 8.61. The monoisotopic (exact) mass is 419 g/mol. The first-order chi connectivity index (χ1) is 15.3. The number of hydrogen-bond acceptors (Lipinski definition) is 5. The van der Waals surface area contributed by atoms with Crippen molar-refractivity contribution in [1.29, 1.82) is 0 Å². The Morgan fingerprint density at radius 1 is 1.00 bits per heavy atom. The van der Waals surface area contributed by atoms with Crippen molar-refractivity contribution in [2.45, 2.75) is 51.6 Å². The molecule has 2 aliphatic carbocycles. The molecule has 2 aliphatic rings. The van der Waals surface area contributed by atoms with Crippen molar-refractivity contribution in [1.82, 2.24) is 10.2 Å². The lowest BCUT2D eigenvalue weighted by Crippen LogP contribution is -2.27. The van der Waals surface area contributed by atoms with Crippen LogP contribution in [-0.4, -0.2) is 30.4 Å². The minimum absolute atomic E-state index is 0.459. The highest BCUT2D eigenvalue weighted by molar-refractivity contribution is 5.46. The Morgan fingerprint density at radius 2 is 1.84 bits per heavy atom. The van der Waals surface area contributed by atoms with E-state index < -0.39 is 0 Å². The van der Waals surface area contributed by atoms with Gasteiger partial charge in [-0.3, -0.25) is 0 Å². The van der Waals surface area contributed by atoms with Gasteiger partial charge in [0.15, 0.2) is 11.6 Å². The third-order valence-corrected chi connectivity index (χ3v) is 6.09. The van der Waals surface area contributed by atoms with Gasteiger partial charge in [0.25, 0.3) is 5.88 Å². The summed E-state index contributed by atoms with van der Waals surface area (Å²) in [6.45, 7) is 1.99. The summed E-state index contributed by atoms with van der Waals surface area (Å²) in [5.74, 6) is 2.68. The summed E-state index contributed by atoms with van der Waals surface area (Å²) in [5.41, 5.74) is 2.37. The van der Waals surface area contributed by atoms with E-state index in [9.17, 15) is 0 Å². The van der Waals surface area contributed by atoms with Crippen LogP contribution in [0.15, 0.2) is 60.2 Å². The average Bonchev–Trinajstić information content (AvgIpc) is 2.83. The van der Waals surface area contributed by atoms with Gasteiger partial charge >= 0.3 is 0 Å². The first kappa shape index (κ1) is 21.4. The summed E-state index contributed by atoms with van der Waals surface area (Å²) in [4.78, 5) is 2.20. The maximum absolute atomic E-state index is 6.16. The Bertz CT molecular complexity index is 889. The molecule has 1 heterocycles. The van der Waals surface area contributed by atoms with Crippen molar-refractivity contribution < 1.29 is 9.47 Å². The molecule has 1 aromatic carbocycles. The molecule has 164 valence electrons. The molecule has 0 atom stereocenters. The van der Waals surface area contributed by atoms with E-state index in [1.165, 1.54) is 37.7 Å². The summed E-state index contributed by atoms with van der Waals surface area (Å²) in [6, 6.07) is 12.1. The first-order valence-electron chi connectivity index (χ1n) is 11.5. The van der Waals surface area contributed by atoms with Crippen LogP contribution in [0.2, 0.25) is 0 Å². The Labute approximate surface area is 185 Å². The van der Waals surface area contributed by atoms with Gasteiger partial charge in [0.05, 0.1) is 0 Å². The van der Waals surface area contributed by atoms with E-state index in [1.54, 1.807) is 0 Å². The zero-order chi connectivity index (χ0) is 21.3. The van der Waals surface area contributed by atoms with Crippen molar-refractivity contribution in [2.75, 3.05) is 25.1 Å². The van der Waals surface area contributed by atoms with Crippen LogP contribution in [0.5, 0.6) is 11.6 Å². The van der Waals surface area contributed by atoms with E-state index in [1.807, 2.05) is 24.3 Å². The van der Waals surface area contributed by atoms with Crippen molar-refractivity contribution in [2.24, 2.45) is 5.92 Å². The lowest BCUT2D eigenvalue weighted by atomic mass is 9.89. The van der Waals surface area contributed by atoms with E-state index in [0.29, 0.717) is 24.8 Å². The molecule has 0 saturated heterocycles. The lowest BCUT2D eigenvalue weighted by molar-refractivity contribution is 0.261. The van der Waals surface area contributed by atoms with Gasteiger partial charge in [0.1, 0.15) is 13.2 Å². The topological polar surface area (TPSA) is 47.5 Å². The SMILES string of the molecule is CN(CC1CCCCC1)c1cc(OCc2ccccc2)c(OCC2=CC=CCC2)nn1. The van der Waals surface area contributed by atoms with Gasteiger partial charge in [0, 0.05) is 19.7 Å². The average molecular weight is 420 g/mol. The highest BCUT2D eigenvalue weighted by Gasteiger charge is 2.19. The molecule has 0 radical (unpaired) electrons. The fourth-order valence-electron chi connectivity index (χ4n) is 4.26. The van der Waals surface area contributed by atoms with Crippen LogP contribution in [0, 0.1) is 5.92 Å². The van der Waals surface area contributed by atoms with Crippen molar-refractivity contribution in [3.05, 3.63) is 65.8 Å². The summed E-state index contributed by atoms with van der Waals surface area (Å²) in [7, 11) is 2.10. The molecule has 0 spiro atoms. The number of nitrogens with zero attached hydrogens (tertiary/aromatic N) is 3. The second kappa shape index (κ2) is 11.0. The van der Waals surface area contributed by atoms with Gasteiger partial charge in [-0.25, -0.2) is 0 Å². The normalized spacial score (nSPS) is 16.6. The Hall–Kier alpha value is -2.82. The maximum Gasteiger partial charge on any atom is 0.276 e. The number of benzene rings is 1. The number of hydrogen-bond donors (Lipinski definition) is 0. The summed E-state index contributed by atoms with van der Waals surface area (Å²) in [5, 5.41) is 8.87. The van der Waals surface area contributed by atoms with Crippen LogP contribution in [0.1, 0.15) is 50.5 Å².